The van der Waals surface area contributed by atoms with Crippen LogP contribution < -0.4 is 5.32 Å². The Balaban J connectivity index is 1.76. The van der Waals surface area contributed by atoms with E-state index in [0.717, 1.165) is 30.1 Å². The van der Waals surface area contributed by atoms with E-state index in [-0.39, 0.29) is 6.04 Å². The molecule has 23 heavy (non-hydrogen) atoms. The molecular formula is C20H24N2O. The van der Waals surface area contributed by atoms with Crippen LogP contribution in [0, 0.1) is 5.92 Å². The second kappa shape index (κ2) is 7.32. The third-order valence-electron chi connectivity index (χ3n) is 4.46. The lowest BCUT2D eigenvalue weighted by Gasteiger charge is -2.11. The quantitative estimate of drug-likeness (QED) is 0.853. The van der Waals surface area contributed by atoms with Gasteiger partial charge in [0.15, 0.2) is 0 Å². The molecule has 2 unspecified atom stereocenters. The molecule has 2 aromatic carbocycles. The summed E-state index contributed by atoms with van der Waals surface area (Å²) in [5, 5.41) is 3.50. The zero-order chi connectivity index (χ0) is 16.1. The first-order chi connectivity index (χ1) is 11.3. The fraction of sp³-hybridized carbons (Fsp3) is 0.350. The van der Waals surface area contributed by atoms with Crippen molar-refractivity contribution in [3.63, 3.8) is 0 Å². The molecule has 0 aromatic heterocycles. The summed E-state index contributed by atoms with van der Waals surface area (Å²) >= 11 is 0. The van der Waals surface area contributed by atoms with E-state index in [0.29, 0.717) is 12.5 Å². The summed E-state index contributed by atoms with van der Waals surface area (Å²) in [7, 11) is 0. The molecule has 0 aliphatic carbocycles. The molecule has 0 amide bonds. The number of nitrogens with one attached hydrogen (secondary N) is 1. The number of nitrogens with zero attached hydrogens (tertiary/aromatic N) is 1. The maximum atomic E-state index is 5.88. The number of anilines is 1. The minimum Gasteiger partial charge on any atom is -0.475 e. The van der Waals surface area contributed by atoms with E-state index in [1.165, 1.54) is 5.56 Å². The summed E-state index contributed by atoms with van der Waals surface area (Å²) in [6, 6.07) is 18.9. The average Bonchev–Trinajstić information content (AvgIpc) is 3.10. The molecule has 0 fully saturated rings. The van der Waals surface area contributed by atoms with Crippen LogP contribution in [0.2, 0.25) is 0 Å². The predicted octanol–water partition coefficient (Wildman–Crippen LogP) is 4.49. The zero-order valence-electron chi connectivity index (χ0n) is 13.8. The van der Waals surface area contributed by atoms with Gasteiger partial charge >= 0.3 is 0 Å². The van der Waals surface area contributed by atoms with Gasteiger partial charge < -0.3 is 10.1 Å². The summed E-state index contributed by atoms with van der Waals surface area (Å²) < 4.78 is 5.88. The average molecular weight is 308 g/mol. The number of benzene rings is 2. The highest BCUT2D eigenvalue weighted by atomic mass is 16.5. The molecule has 120 valence electrons. The smallest absolute Gasteiger partial charge is 0.218 e. The van der Waals surface area contributed by atoms with Gasteiger partial charge in [-0.05, 0) is 23.6 Å². The lowest BCUT2D eigenvalue weighted by atomic mass is 10.0. The van der Waals surface area contributed by atoms with E-state index >= 15 is 0 Å². The molecular weight excluding hydrogens is 284 g/mol. The van der Waals surface area contributed by atoms with Crippen molar-refractivity contribution in [1.29, 1.82) is 0 Å². The molecule has 0 saturated carbocycles. The van der Waals surface area contributed by atoms with Crippen molar-refractivity contribution in [2.45, 2.75) is 32.9 Å². The molecule has 2 atom stereocenters. The van der Waals surface area contributed by atoms with Crippen molar-refractivity contribution in [1.82, 2.24) is 0 Å². The van der Waals surface area contributed by atoms with E-state index < -0.39 is 0 Å². The predicted molar refractivity (Wildman–Crippen MR) is 95.9 cm³/mol. The highest BCUT2D eigenvalue weighted by molar-refractivity contribution is 6.00. The van der Waals surface area contributed by atoms with Gasteiger partial charge in [0, 0.05) is 12.2 Å². The van der Waals surface area contributed by atoms with E-state index in [9.17, 15) is 0 Å². The molecule has 1 aliphatic heterocycles. The minimum atomic E-state index is 0.275. The molecule has 0 radical (unpaired) electrons. The van der Waals surface area contributed by atoms with Gasteiger partial charge in [-0.2, -0.15) is 0 Å². The van der Waals surface area contributed by atoms with E-state index in [4.69, 9.17) is 9.73 Å². The molecule has 0 saturated heterocycles. The third kappa shape index (κ3) is 3.73. The van der Waals surface area contributed by atoms with Gasteiger partial charge in [-0.3, -0.25) is 0 Å². The van der Waals surface area contributed by atoms with Crippen molar-refractivity contribution in [2.24, 2.45) is 10.9 Å². The summed E-state index contributed by atoms with van der Waals surface area (Å²) in [6.45, 7) is 5.92. The maximum absolute atomic E-state index is 5.88. The number of para-hydroxylation sites is 1. The summed E-state index contributed by atoms with van der Waals surface area (Å²) in [5.41, 5.74) is 3.38. The minimum absolute atomic E-state index is 0.275. The Morgan fingerprint density at radius 3 is 2.65 bits per heavy atom. The number of ether oxygens (including phenoxy) is 1. The molecule has 3 nitrogen and oxygen atoms in total. The monoisotopic (exact) mass is 308 g/mol. The van der Waals surface area contributed by atoms with Crippen LogP contribution in [0.25, 0.3) is 0 Å². The first-order valence-electron chi connectivity index (χ1n) is 8.35. The molecule has 0 bridgehead atoms. The Morgan fingerprint density at radius 1 is 1.13 bits per heavy atom. The van der Waals surface area contributed by atoms with Crippen LogP contribution >= 0.6 is 0 Å². The number of hydrogen-bond donors (Lipinski definition) is 1. The first-order valence-corrected chi connectivity index (χ1v) is 8.35. The second-order valence-corrected chi connectivity index (χ2v) is 6.08. The lowest BCUT2D eigenvalue weighted by Crippen LogP contribution is -2.16. The van der Waals surface area contributed by atoms with Gasteiger partial charge in [-0.25, -0.2) is 4.99 Å². The van der Waals surface area contributed by atoms with E-state index in [1.807, 2.05) is 18.2 Å². The lowest BCUT2D eigenvalue weighted by molar-refractivity contribution is 0.282. The second-order valence-electron chi connectivity index (χ2n) is 6.08. The van der Waals surface area contributed by atoms with Gasteiger partial charge in [-0.1, -0.05) is 62.7 Å². The van der Waals surface area contributed by atoms with Gasteiger partial charge in [0.2, 0.25) is 5.90 Å². The van der Waals surface area contributed by atoms with Crippen molar-refractivity contribution in [3.05, 3.63) is 65.7 Å². The fourth-order valence-electron chi connectivity index (χ4n) is 2.72. The molecule has 1 N–H and O–H groups in total. The van der Waals surface area contributed by atoms with Crippen molar-refractivity contribution in [3.8, 4) is 0 Å². The maximum Gasteiger partial charge on any atom is 0.218 e. The highest BCUT2D eigenvalue weighted by Gasteiger charge is 2.25. The molecule has 0 spiro atoms. The standard InChI is InChI=1S/C20H24N2O/c1-3-15(2)19-14-23-20(22-19)17-11-7-8-12-18(17)21-13-16-9-5-4-6-10-16/h4-12,15,19,21H,3,13-14H2,1-2H3. The molecule has 3 heteroatoms. The van der Waals surface area contributed by atoms with Crippen molar-refractivity contribution < 1.29 is 4.74 Å². The van der Waals surface area contributed by atoms with Gasteiger partial charge in [0.05, 0.1) is 11.6 Å². The van der Waals surface area contributed by atoms with Crippen LogP contribution in [0.5, 0.6) is 0 Å². The third-order valence-corrected chi connectivity index (χ3v) is 4.46. The van der Waals surface area contributed by atoms with Crippen LogP contribution in [0.1, 0.15) is 31.4 Å². The zero-order valence-corrected chi connectivity index (χ0v) is 13.8. The van der Waals surface area contributed by atoms with Crippen LogP contribution in [0.3, 0.4) is 0 Å². The summed E-state index contributed by atoms with van der Waals surface area (Å²) in [5.74, 6) is 1.32. The van der Waals surface area contributed by atoms with Gasteiger partial charge in [0.1, 0.15) is 6.61 Å². The number of rotatable bonds is 6. The van der Waals surface area contributed by atoms with Crippen LogP contribution in [0.15, 0.2) is 59.6 Å². The van der Waals surface area contributed by atoms with Crippen molar-refractivity contribution >= 4 is 11.6 Å². The molecule has 3 rings (SSSR count). The number of aliphatic imine (C=N–C) groups is 1. The normalized spacial score (nSPS) is 18.2. The Morgan fingerprint density at radius 2 is 1.87 bits per heavy atom. The van der Waals surface area contributed by atoms with E-state index in [1.54, 1.807) is 0 Å². The largest absolute Gasteiger partial charge is 0.475 e. The van der Waals surface area contributed by atoms with Crippen molar-refractivity contribution in [2.75, 3.05) is 11.9 Å². The Kier molecular flexibility index (Phi) is 4.96. The molecule has 1 heterocycles. The van der Waals surface area contributed by atoms with Crippen LogP contribution in [-0.2, 0) is 11.3 Å². The topological polar surface area (TPSA) is 33.6 Å². The fourth-order valence-corrected chi connectivity index (χ4v) is 2.72. The summed E-state index contributed by atoms with van der Waals surface area (Å²) in [6.07, 6.45) is 1.12. The highest BCUT2D eigenvalue weighted by Crippen LogP contribution is 2.24. The SMILES string of the molecule is CCC(C)C1COC(c2ccccc2NCc2ccccc2)=N1. The first kappa shape index (κ1) is 15.6. The molecule has 1 aliphatic rings. The van der Waals surface area contributed by atoms with Gasteiger partial charge in [0.25, 0.3) is 0 Å². The Bertz CT molecular complexity index is 666. The number of hydrogen-bond acceptors (Lipinski definition) is 3. The summed E-state index contributed by atoms with van der Waals surface area (Å²) in [4.78, 5) is 4.80. The Labute approximate surface area is 138 Å². The van der Waals surface area contributed by atoms with Crippen LogP contribution in [-0.4, -0.2) is 18.5 Å². The molecule has 2 aromatic rings. The van der Waals surface area contributed by atoms with E-state index in [2.05, 4.69) is 55.6 Å². The van der Waals surface area contributed by atoms with Crippen LogP contribution in [0.4, 0.5) is 5.69 Å². The van der Waals surface area contributed by atoms with Gasteiger partial charge in [-0.15, -0.1) is 0 Å². The Hall–Kier alpha value is -2.29.